The summed E-state index contributed by atoms with van der Waals surface area (Å²) >= 11 is 0. The van der Waals surface area contributed by atoms with Gasteiger partial charge < -0.3 is 43.4 Å². The molecule has 5 unspecified atom stereocenters. The Morgan fingerprint density at radius 3 is 2.34 bits per heavy atom. The van der Waals surface area contributed by atoms with Gasteiger partial charge in [-0.3, -0.25) is 14.2 Å². The van der Waals surface area contributed by atoms with Gasteiger partial charge in [-0.25, -0.2) is 19.6 Å². The summed E-state index contributed by atoms with van der Waals surface area (Å²) in [7, 11) is 3.40. The third-order valence-electron chi connectivity index (χ3n) is 13.2. The molecule has 3 aromatic carbocycles. The number of para-hydroxylation sites is 1. The van der Waals surface area contributed by atoms with Crippen molar-refractivity contribution in [2.24, 2.45) is 5.41 Å². The summed E-state index contributed by atoms with van der Waals surface area (Å²) < 4.78 is 56.6. The summed E-state index contributed by atoms with van der Waals surface area (Å²) in [5.41, 5.74) is 4.03. The molecule has 19 heteroatoms. The fourth-order valence-corrected chi connectivity index (χ4v) is 13.0. The first-order valence-corrected chi connectivity index (χ1v) is 28.5. The van der Waals surface area contributed by atoms with Crippen LogP contribution >= 0.6 is 30.1 Å². The molecule has 2 aliphatic rings. The molecule has 0 radical (unpaired) electrons. The van der Waals surface area contributed by atoms with Crippen LogP contribution in [0.3, 0.4) is 0 Å². The lowest BCUT2D eigenvalue weighted by molar-refractivity contribution is -0.235. The van der Waals surface area contributed by atoms with Gasteiger partial charge in [0.1, 0.15) is 24.3 Å². The number of methoxy groups -OCH3 is 1. The molecule has 2 saturated heterocycles. The van der Waals surface area contributed by atoms with Crippen LogP contribution in [0.5, 0.6) is 5.75 Å². The Hall–Kier alpha value is -4.20. The third kappa shape index (κ3) is 15.0. The van der Waals surface area contributed by atoms with Crippen molar-refractivity contribution in [3.8, 4) is 5.75 Å². The van der Waals surface area contributed by atoms with E-state index in [1.54, 1.807) is 51.7 Å². The summed E-state index contributed by atoms with van der Waals surface area (Å²) in [6, 6.07) is 25.7. The summed E-state index contributed by atoms with van der Waals surface area (Å²) in [5.74, 6) is 0.409. The monoisotopic (exact) mass is 1060 g/mol. The van der Waals surface area contributed by atoms with Gasteiger partial charge >= 0.3 is 0 Å². The molecule has 5 atom stereocenters. The minimum atomic E-state index is -1.68. The van der Waals surface area contributed by atoms with Crippen LogP contribution in [-0.4, -0.2) is 105 Å². The second-order valence-corrected chi connectivity index (χ2v) is 23.9. The zero-order valence-corrected chi connectivity index (χ0v) is 46.2. The molecular formula is C54H74N7O9PS2. The van der Waals surface area contributed by atoms with Crippen molar-refractivity contribution in [3.05, 3.63) is 108 Å². The van der Waals surface area contributed by atoms with Gasteiger partial charge in [-0.1, -0.05) is 96.1 Å². The number of hydrogen-bond acceptors (Lipinski definition) is 15. The van der Waals surface area contributed by atoms with Crippen LogP contribution in [0.15, 0.2) is 96.4 Å². The molecule has 0 saturated carbocycles. The molecule has 0 spiro atoms. The number of nitrogens with zero attached hydrogens (tertiary/aromatic N) is 5. The number of benzene rings is 3. The fourth-order valence-electron chi connectivity index (χ4n) is 8.67. The summed E-state index contributed by atoms with van der Waals surface area (Å²) in [4.78, 5) is 40.5. The smallest absolute Gasteiger partial charge is 0.263 e. The average Bonchev–Trinajstić information content (AvgIpc) is 4.00. The van der Waals surface area contributed by atoms with Gasteiger partial charge in [-0.2, -0.15) is 0 Å². The van der Waals surface area contributed by atoms with E-state index in [2.05, 4.69) is 97.8 Å². The standard InChI is InChI=1S/C54H74N7O9PS2/c1-11-54(12-2)32-66-52(67-33-54)41-24-22-39(23-25-41)30-55-44(62)26-28-53(8,9)73-72-43-21-17-16-18-40(43)27-29-68-71(61(36(3)4)37(5)6)70-47-38(7)69-51(48(47)64-10)60-35-58-46-49(56-34-57-50(46)60)59-45(63)31-65-42-19-14-13-15-20-42/h13-25,34-38,47-48,51-52H,11-12,26-33H2,1-10H3,(H,55,62)(H,56,57,59,63)/i7D. The molecule has 2 amide bonds. The maximum Gasteiger partial charge on any atom is 0.263 e. The highest BCUT2D eigenvalue weighted by atomic mass is 33.1. The summed E-state index contributed by atoms with van der Waals surface area (Å²) in [6.07, 6.45) is 3.59. The second kappa shape index (κ2) is 26.5. The predicted octanol–water partition coefficient (Wildman–Crippen LogP) is 11.2. The van der Waals surface area contributed by atoms with Crippen molar-refractivity contribution in [1.82, 2.24) is 29.5 Å². The predicted molar refractivity (Wildman–Crippen MR) is 289 cm³/mol. The number of carbonyl (C=O) groups excluding carboxylic acids is 2. The fraction of sp³-hybridized carbons (Fsp3) is 0.537. The van der Waals surface area contributed by atoms with Crippen molar-refractivity contribution in [2.75, 3.05) is 38.9 Å². The van der Waals surface area contributed by atoms with E-state index in [0.29, 0.717) is 62.5 Å². The largest absolute Gasteiger partial charge is 0.484 e. The summed E-state index contributed by atoms with van der Waals surface area (Å²) in [5, 5.41) is 5.90. The van der Waals surface area contributed by atoms with E-state index >= 15 is 0 Å². The highest BCUT2D eigenvalue weighted by Crippen LogP contribution is 2.51. The topological polar surface area (TPSA) is 170 Å². The number of imidazole rings is 1. The molecule has 5 aromatic rings. The molecule has 16 nitrogen and oxygen atoms in total. The van der Waals surface area contributed by atoms with Crippen LogP contribution in [0.1, 0.15) is 119 Å². The van der Waals surface area contributed by atoms with Gasteiger partial charge in [0, 0.05) is 54.2 Å². The number of ether oxygens (including phenoxy) is 5. The minimum Gasteiger partial charge on any atom is -0.484 e. The zero-order chi connectivity index (χ0) is 52.8. The normalized spacial score (nSPS) is 19.9. The van der Waals surface area contributed by atoms with Crippen molar-refractivity contribution < 1.29 is 43.7 Å². The van der Waals surface area contributed by atoms with Gasteiger partial charge in [0.15, 0.2) is 36.1 Å². The van der Waals surface area contributed by atoms with E-state index < -0.39 is 39.0 Å². The van der Waals surface area contributed by atoms with Crippen LogP contribution in [0.25, 0.3) is 11.2 Å². The van der Waals surface area contributed by atoms with Gasteiger partial charge in [0.2, 0.25) is 5.91 Å². The number of amides is 2. The van der Waals surface area contributed by atoms with Crippen LogP contribution in [0.2, 0.25) is 0 Å². The van der Waals surface area contributed by atoms with Gasteiger partial charge in [-0.15, -0.1) is 0 Å². The summed E-state index contributed by atoms with van der Waals surface area (Å²) in [6.45, 7) is 19.1. The molecule has 0 bridgehead atoms. The Labute approximate surface area is 441 Å². The lowest BCUT2D eigenvalue weighted by Crippen LogP contribution is -2.39. The Bertz CT molecular complexity index is 2540. The molecule has 2 aliphatic heterocycles. The second-order valence-electron chi connectivity index (χ2n) is 19.6. The van der Waals surface area contributed by atoms with Crippen LogP contribution < -0.4 is 15.4 Å². The number of hydrogen-bond donors (Lipinski definition) is 2. The highest BCUT2D eigenvalue weighted by Gasteiger charge is 2.48. The average molecular weight is 1060 g/mol. The Kier molecular flexibility index (Phi) is 20.0. The Morgan fingerprint density at radius 1 is 0.945 bits per heavy atom. The van der Waals surface area contributed by atoms with Gasteiger partial charge in [0.05, 0.1) is 32.3 Å². The van der Waals surface area contributed by atoms with Gasteiger partial charge in [-0.05, 0) is 103 Å². The number of carbonyl (C=O) groups is 2. The first kappa shape index (κ1) is 55.0. The van der Waals surface area contributed by atoms with Crippen LogP contribution in [0.4, 0.5) is 5.82 Å². The van der Waals surface area contributed by atoms with E-state index in [4.69, 9.17) is 34.1 Å². The Morgan fingerprint density at radius 2 is 1.66 bits per heavy atom. The molecule has 73 heavy (non-hydrogen) atoms. The van der Waals surface area contributed by atoms with Crippen molar-refractivity contribution in [3.63, 3.8) is 0 Å². The molecule has 2 fully saturated rings. The lowest BCUT2D eigenvalue weighted by atomic mass is 9.83. The molecule has 0 aliphatic carbocycles. The quantitative estimate of drug-likeness (QED) is 0.0396. The number of rotatable bonds is 26. The number of aromatic nitrogens is 4. The van der Waals surface area contributed by atoms with Gasteiger partial charge in [0.25, 0.3) is 14.4 Å². The first-order valence-electron chi connectivity index (χ1n) is 25.9. The van der Waals surface area contributed by atoms with Crippen molar-refractivity contribution in [2.45, 2.75) is 153 Å². The molecular weight excluding hydrogens is 986 g/mol. The van der Waals surface area contributed by atoms with E-state index in [1.165, 1.54) is 6.33 Å². The molecule has 2 aromatic heterocycles. The number of nitrogens with one attached hydrogen (secondary N) is 2. The Balaban J connectivity index is 0.926. The zero-order valence-electron chi connectivity index (χ0n) is 44.7. The van der Waals surface area contributed by atoms with Crippen LogP contribution in [0, 0.1) is 5.41 Å². The molecule has 4 heterocycles. The molecule has 396 valence electrons. The van der Waals surface area contributed by atoms with Crippen molar-refractivity contribution in [1.29, 1.82) is 0 Å². The minimum absolute atomic E-state index is 0.0213. The maximum atomic E-state index is 13.1. The van der Waals surface area contributed by atoms with E-state index in [1.807, 2.05) is 54.6 Å². The lowest BCUT2D eigenvalue weighted by Gasteiger charge is -2.39. The number of anilines is 1. The third-order valence-corrected chi connectivity index (χ3v) is 18.8. The van der Waals surface area contributed by atoms with Crippen LogP contribution in [-0.2, 0) is 50.5 Å². The van der Waals surface area contributed by atoms with E-state index in [9.17, 15) is 9.59 Å². The van der Waals surface area contributed by atoms with E-state index in [0.717, 1.165) is 34.4 Å². The molecule has 7 rings (SSSR count). The first-order chi connectivity index (χ1) is 35.7. The number of fused-ring (bicyclic) bond motifs is 1. The SMILES string of the molecule is [2H]CC1OC(n2cnc3c(NC(=O)COc4ccccc4)ncnc32)C(OC)C1OP(OCCc1ccccc1SSC(C)(C)CCC(=O)NCc1ccc(C2OCC(CC)(CC)CO2)cc1)N(C(C)C)C(C)C. The maximum absolute atomic E-state index is 13.1. The van der Waals surface area contributed by atoms with Crippen molar-refractivity contribution >= 4 is 58.9 Å². The molecule has 2 N–H and O–H groups in total. The highest BCUT2D eigenvalue weighted by molar-refractivity contribution is 8.77. The van der Waals surface area contributed by atoms with E-state index in [-0.39, 0.29) is 53.8 Å².